The van der Waals surface area contributed by atoms with Gasteiger partial charge in [0.1, 0.15) is 0 Å². The molecule has 10 heteroatoms. The molecule has 0 radical (unpaired) electrons. The van der Waals surface area contributed by atoms with Crippen LogP contribution >= 0.6 is 31.7 Å². The van der Waals surface area contributed by atoms with Gasteiger partial charge in [-0.2, -0.15) is 0 Å². The topological polar surface area (TPSA) is 95.2 Å². The molecule has 0 aliphatic rings. The van der Waals surface area contributed by atoms with Gasteiger partial charge in [0.15, 0.2) is 11.8 Å². The zero-order valence-corrected chi connectivity index (χ0v) is 37.0. The van der Waals surface area contributed by atoms with Crippen molar-refractivity contribution in [2.75, 3.05) is 11.8 Å². The van der Waals surface area contributed by atoms with Gasteiger partial charge in [0.2, 0.25) is 0 Å². The quantitative estimate of drug-likeness (QED) is 0.144. The monoisotopic (exact) mass is 994 g/mol. The molecule has 0 heterocycles. The van der Waals surface area contributed by atoms with Crippen molar-refractivity contribution in [2.45, 2.75) is 156 Å². The smallest absolute Gasteiger partial charge is 0.156 e. The molecular formula is C30H64N4P4Pt2. The standard InChI is InChI=1S/2C13H30P2.4CN.2Pt/c2*1-10(2)14(11(3)4)9-15(12(5)6)13(7)8;4*1-2;;/h2*10-13H,9H2,1-8H3;;;;;;/q;;4*-1;;/p+4. The van der Waals surface area contributed by atoms with E-state index in [0.29, 0.717) is 0 Å². The number of rotatable bonds is 12. The van der Waals surface area contributed by atoms with Crippen molar-refractivity contribution in [3.63, 3.8) is 0 Å². The molecule has 0 aliphatic heterocycles. The zero-order chi connectivity index (χ0) is 32.3. The van der Waals surface area contributed by atoms with Crippen LogP contribution in [-0.2, 0) is 42.1 Å². The third kappa shape index (κ3) is 33.6. The average molecular weight is 995 g/mol. The van der Waals surface area contributed by atoms with Crippen LogP contribution in [0.25, 0.3) is 0 Å². The van der Waals surface area contributed by atoms with E-state index in [2.05, 4.69) is 111 Å². The van der Waals surface area contributed by atoms with Crippen molar-refractivity contribution < 1.29 is 42.1 Å². The maximum absolute atomic E-state index is 6.25. The molecule has 40 heavy (non-hydrogen) atoms. The summed E-state index contributed by atoms with van der Waals surface area (Å²) in [6.07, 6.45) is 0. The van der Waals surface area contributed by atoms with Crippen LogP contribution in [0.4, 0.5) is 0 Å². The van der Waals surface area contributed by atoms with Crippen LogP contribution in [0.1, 0.15) is 111 Å². The van der Waals surface area contributed by atoms with Crippen molar-refractivity contribution in [3.8, 4) is 0 Å². The molecule has 0 aliphatic carbocycles. The first-order chi connectivity index (χ1) is 17.5. The number of nitrogens with zero attached hydrogens (tertiary/aromatic N) is 4. The average Bonchev–Trinajstić information content (AvgIpc) is 2.83. The largest absolute Gasteiger partial charge is 0.512 e. The molecule has 0 aromatic carbocycles. The fraction of sp³-hybridized carbons (Fsp3) is 0.867. The van der Waals surface area contributed by atoms with Crippen molar-refractivity contribution in [1.29, 1.82) is 21.0 Å². The van der Waals surface area contributed by atoms with Crippen LogP contribution in [0.5, 0.6) is 0 Å². The molecule has 0 unspecified atom stereocenters. The Balaban J connectivity index is -0.0000000653. The molecule has 4 nitrogen and oxygen atoms in total. The Bertz CT molecular complexity index is 447. The van der Waals surface area contributed by atoms with Gasteiger partial charge in [0.25, 0.3) is 0 Å². The molecule has 0 saturated carbocycles. The van der Waals surface area contributed by atoms with E-state index in [1.54, 1.807) is 11.8 Å². The Morgan fingerprint density at radius 1 is 0.300 bits per heavy atom. The normalized spacial score (nSPS) is 10.1. The van der Waals surface area contributed by atoms with Gasteiger partial charge in [-0.3, -0.25) is 0 Å². The summed E-state index contributed by atoms with van der Waals surface area (Å²) in [5, 5.41) is 25.0. The van der Waals surface area contributed by atoms with Crippen molar-refractivity contribution in [3.05, 3.63) is 26.3 Å². The Morgan fingerprint density at radius 2 is 0.375 bits per heavy atom. The summed E-state index contributed by atoms with van der Waals surface area (Å²) in [6, 6.07) is 0. The first kappa shape index (κ1) is 60.3. The minimum Gasteiger partial charge on any atom is -0.512 e. The van der Waals surface area contributed by atoms with Gasteiger partial charge in [0.05, 0.1) is 45.3 Å². The molecule has 0 N–H and O–H groups in total. The maximum atomic E-state index is 6.25. The second-order valence-corrected chi connectivity index (χ2v) is 28.6. The molecule has 0 amide bonds. The van der Waals surface area contributed by atoms with Gasteiger partial charge < -0.3 is 47.3 Å². The van der Waals surface area contributed by atoms with E-state index in [4.69, 9.17) is 47.3 Å². The van der Waals surface area contributed by atoms with Crippen molar-refractivity contribution in [1.82, 2.24) is 0 Å². The Kier molecular flexibility index (Phi) is 60.4. The fourth-order valence-corrected chi connectivity index (χ4v) is 26.9. The Morgan fingerprint density at radius 3 is 0.425 bits per heavy atom. The summed E-state index contributed by atoms with van der Waals surface area (Å²) in [5.41, 5.74) is 7.61. The van der Waals surface area contributed by atoms with Crippen LogP contribution < -0.4 is 0 Å². The first-order valence-electron chi connectivity index (χ1n) is 13.9. The van der Waals surface area contributed by atoms with Gasteiger partial charge in [0, 0.05) is 73.8 Å². The van der Waals surface area contributed by atoms with Crippen molar-refractivity contribution >= 4 is 31.7 Å². The van der Waals surface area contributed by atoms with E-state index >= 15 is 0 Å². The van der Waals surface area contributed by atoms with E-state index in [1.807, 2.05) is 0 Å². The second-order valence-electron chi connectivity index (χ2n) is 11.9. The SMILES string of the molecule is CC(C)[PH+](C[PH+](C(C)C)C(C)C)C(C)C.CC(C)[PH+](C[PH+](C(C)C)C(C)C)C(C)C.[C-]#N.[C-]#N.[C-]#N.[C-]#N.[Pt].[Pt]. The molecule has 0 rings (SSSR count). The molecule has 0 aromatic heterocycles. The molecule has 244 valence electrons. The van der Waals surface area contributed by atoms with Gasteiger partial charge in [-0.05, 0) is 111 Å². The number of hydrogen-bond donors (Lipinski definition) is 0. The third-order valence-corrected chi connectivity index (χ3v) is 25.1. The fourth-order valence-electron chi connectivity index (χ4n) is 4.77. The maximum Gasteiger partial charge on any atom is 0.156 e. The molecule has 0 spiro atoms. The van der Waals surface area contributed by atoms with Crippen LogP contribution in [0.3, 0.4) is 0 Å². The minimum atomic E-state index is -0.121. The van der Waals surface area contributed by atoms with E-state index in [0.717, 1.165) is 45.3 Å². The summed E-state index contributed by atoms with van der Waals surface area (Å²) in [4.78, 5) is 0. The summed E-state index contributed by atoms with van der Waals surface area (Å²) in [7, 11) is -0.486. The van der Waals surface area contributed by atoms with Gasteiger partial charge in [-0.25, -0.2) is 0 Å². The van der Waals surface area contributed by atoms with E-state index in [9.17, 15) is 0 Å². The van der Waals surface area contributed by atoms with Crippen molar-refractivity contribution in [2.24, 2.45) is 0 Å². The molecule has 0 bridgehead atoms. The molecule has 0 fully saturated rings. The van der Waals surface area contributed by atoms with Crippen LogP contribution in [0.2, 0.25) is 0 Å². The van der Waals surface area contributed by atoms with E-state index in [-0.39, 0.29) is 73.8 Å². The van der Waals surface area contributed by atoms with E-state index < -0.39 is 0 Å². The minimum absolute atomic E-state index is 0. The predicted molar refractivity (Wildman–Crippen MR) is 184 cm³/mol. The van der Waals surface area contributed by atoms with Crippen LogP contribution in [0.15, 0.2) is 0 Å². The van der Waals surface area contributed by atoms with E-state index in [1.165, 1.54) is 0 Å². The van der Waals surface area contributed by atoms with Gasteiger partial charge in [-0.1, -0.05) is 0 Å². The van der Waals surface area contributed by atoms with Crippen LogP contribution in [0, 0.1) is 47.3 Å². The van der Waals surface area contributed by atoms with Crippen LogP contribution in [-0.4, -0.2) is 57.1 Å². The molecule has 0 atom stereocenters. The summed E-state index contributed by atoms with van der Waals surface area (Å²) in [6.45, 7) is 58.0. The summed E-state index contributed by atoms with van der Waals surface area (Å²) >= 11 is 0. The van der Waals surface area contributed by atoms with Gasteiger partial charge in [-0.15, -0.1) is 0 Å². The molecule has 0 aromatic rings. The second kappa shape index (κ2) is 40.1. The first-order valence-corrected chi connectivity index (χ1v) is 21.3. The summed E-state index contributed by atoms with van der Waals surface area (Å²) in [5.74, 6) is 3.22. The Labute approximate surface area is 287 Å². The molecular weight excluding hydrogens is 930 g/mol. The summed E-state index contributed by atoms with van der Waals surface area (Å²) < 4.78 is 0. The van der Waals surface area contributed by atoms with Gasteiger partial charge >= 0.3 is 0 Å². The molecule has 0 saturated heterocycles. The zero-order valence-electron chi connectivity index (χ0n) is 28.5. The predicted octanol–water partition coefficient (Wildman–Crippen LogP) is 10.4. The Hall–Kier alpha value is 1.06. The number of hydrogen-bond acceptors (Lipinski definition) is 4. The third-order valence-electron chi connectivity index (χ3n) is 6.75.